The molecule has 0 bridgehead atoms. The molecule has 36 heavy (non-hydrogen) atoms. The van der Waals surface area contributed by atoms with E-state index in [2.05, 4.69) is 26.9 Å². The van der Waals surface area contributed by atoms with Crippen LogP contribution in [0.5, 0.6) is 0 Å². The Labute approximate surface area is 215 Å². The average Bonchev–Trinajstić information content (AvgIpc) is 3.76. The molecule has 0 N–H and O–H groups in total. The minimum Gasteiger partial charge on any atom is -0.352 e. The van der Waals surface area contributed by atoms with Crippen molar-refractivity contribution in [2.24, 2.45) is 11.8 Å². The van der Waals surface area contributed by atoms with Crippen LogP contribution >= 0.6 is 11.6 Å². The van der Waals surface area contributed by atoms with Gasteiger partial charge >= 0.3 is 0 Å². The molecule has 182 valence electrons. The Morgan fingerprint density at radius 1 is 1.00 bits per heavy atom. The molecule has 1 atom stereocenters. The summed E-state index contributed by atoms with van der Waals surface area (Å²) in [5.74, 6) is 2.38. The van der Waals surface area contributed by atoms with Crippen LogP contribution in [0.2, 0.25) is 5.15 Å². The third-order valence-electron chi connectivity index (χ3n) is 8.20. The summed E-state index contributed by atoms with van der Waals surface area (Å²) < 4.78 is 0. The molecular formula is C29H28ClN5O. The quantitative estimate of drug-likeness (QED) is 0.433. The molecule has 7 heteroatoms. The summed E-state index contributed by atoms with van der Waals surface area (Å²) in [6.45, 7) is 2.22. The molecule has 1 unspecified atom stereocenters. The zero-order valence-electron chi connectivity index (χ0n) is 20.2. The first-order chi connectivity index (χ1) is 17.6. The molecule has 1 saturated heterocycles. The van der Waals surface area contributed by atoms with Gasteiger partial charge in [-0.1, -0.05) is 23.7 Å². The van der Waals surface area contributed by atoms with Crippen molar-refractivity contribution in [3.05, 3.63) is 52.8 Å². The summed E-state index contributed by atoms with van der Waals surface area (Å²) in [6.07, 6.45) is 6.70. The summed E-state index contributed by atoms with van der Waals surface area (Å²) in [5, 5.41) is 11.7. The van der Waals surface area contributed by atoms with Crippen LogP contribution in [0.4, 0.5) is 5.82 Å². The van der Waals surface area contributed by atoms with Gasteiger partial charge in [-0.25, -0.2) is 9.97 Å². The molecule has 1 amide bonds. The molecule has 4 aliphatic rings. The van der Waals surface area contributed by atoms with Gasteiger partial charge in [0.25, 0.3) is 0 Å². The number of benzene rings is 1. The largest absolute Gasteiger partial charge is 0.352 e. The summed E-state index contributed by atoms with van der Waals surface area (Å²) in [5.41, 5.74) is 4.59. The van der Waals surface area contributed by atoms with Gasteiger partial charge in [0.15, 0.2) is 0 Å². The number of halogens is 1. The van der Waals surface area contributed by atoms with Crippen molar-refractivity contribution in [3.8, 4) is 17.2 Å². The van der Waals surface area contributed by atoms with Crippen LogP contribution < -0.4 is 4.90 Å². The van der Waals surface area contributed by atoms with Crippen LogP contribution in [0.1, 0.15) is 55.7 Å². The number of hydrogen-bond donors (Lipinski definition) is 0. The zero-order valence-corrected chi connectivity index (χ0v) is 20.9. The number of rotatable bonds is 5. The second kappa shape index (κ2) is 8.45. The number of fused-ring (bicyclic) bond motifs is 1. The maximum absolute atomic E-state index is 13.0. The lowest BCUT2D eigenvalue weighted by molar-refractivity contribution is -0.135. The monoisotopic (exact) mass is 497 g/mol. The van der Waals surface area contributed by atoms with Crippen molar-refractivity contribution >= 4 is 34.2 Å². The second-order valence-electron chi connectivity index (χ2n) is 10.8. The lowest BCUT2D eigenvalue weighted by atomic mass is 9.95. The van der Waals surface area contributed by atoms with Gasteiger partial charge < -0.3 is 9.80 Å². The summed E-state index contributed by atoms with van der Waals surface area (Å²) in [7, 11) is 0. The standard InChI is InChI=1S/C29H28ClN5O/c30-26-11-10-22-21(2-1-3-24(22)32-26)23-14-20(15-31)28(33-27(23)18-6-7-18)34-12-13-35(29(36)19-8-9-19)25(16-34)17-4-5-17/h1-3,10-11,14,17-19,25H,4-9,12-13,16H2. The van der Waals surface area contributed by atoms with Crippen molar-refractivity contribution in [2.75, 3.05) is 24.5 Å². The van der Waals surface area contributed by atoms with Crippen LogP contribution in [0.15, 0.2) is 36.4 Å². The van der Waals surface area contributed by atoms with Crippen molar-refractivity contribution < 1.29 is 4.79 Å². The van der Waals surface area contributed by atoms with E-state index in [1.54, 1.807) is 0 Å². The molecular weight excluding hydrogens is 470 g/mol. The number of aromatic nitrogens is 2. The smallest absolute Gasteiger partial charge is 0.226 e. The highest BCUT2D eigenvalue weighted by atomic mass is 35.5. The van der Waals surface area contributed by atoms with Crippen LogP contribution in [0.3, 0.4) is 0 Å². The number of nitrogens with zero attached hydrogens (tertiary/aromatic N) is 5. The van der Waals surface area contributed by atoms with E-state index in [0.29, 0.717) is 28.5 Å². The average molecular weight is 498 g/mol. The Morgan fingerprint density at radius 2 is 1.83 bits per heavy atom. The Bertz CT molecular complexity index is 1420. The summed E-state index contributed by atoms with van der Waals surface area (Å²) in [6, 6.07) is 14.6. The van der Waals surface area contributed by atoms with Crippen molar-refractivity contribution in [1.29, 1.82) is 5.26 Å². The molecule has 0 spiro atoms. The van der Waals surface area contributed by atoms with Crippen LogP contribution in [0, 0.1) is 23.2 Å². The fraction of sp³-hybridized carbons (Fsp3) is 0.448. The Hall–Kier alpha value is -3.17. The fourth-order valence-electron chi connectivity index (χ4n) is 5.81. The van der Waals surface area contributed by atoms with E-state index in [9.17, 15) is 10.1 Å². The minimum atomic E-state index is 0.234. The van der Waals surface area contributed by atoms with Gasteiger partial charge in [0.05, 0.1) is 22.8 Å². The minimum absolute atomic E-state index is 0.234. The van der Waals surface area contributed by atoms with Gasteiger partial charge in [-0.3, -0.25) is 4.79 Å². The van der Waals surface area contributed by atoms with E-state index in [1.807, 2.05) is 30.3 Å². The van der Waals surface area contributed by atoms with E-state index < -0.39 is 0 Å². The maximum atomic E-state index is 13.0. The number of nitriles is 1. The first-order valence-corrected chi connectivity index (χ1v) is 13.5. The topological polar surface area (TPSA) is 73.1 Å². The van der Waals surface area contributed by atoms with Crippen LogP contribution in [-0.2, 0) is 4.79 Å². The molecule has 3 heterocycles. The molecule has 3 aliphatic carbocycles. The molecule has 3 aromatic rings. The van der Waals surface area contributed by atoms with E-state index in [-0.39, 0.29) is 12.0 Å². The number of carbonyl (C=O) groups excluding carboxylic acids is 1. The molecule has 3 saturated carbocycles. The number of carbonyl (C=O) groups is 1. The highest BCUT2D eigenvalue weighted by molar-refractivity contribution is 6.29. The molecule has 6 nitrogen and oxygen atoms in total. The SMILES string of the molecule is N#Cc1cc(-c2cccc3nc(Cl)ccc23)c(C2CC2)nc1N1CCN(C(=O)C2CC2)C(C2CC2)C1. The van der Waals surface area contributed by atoms with Crippen molar-refractivity contribution in [1.82, 2.24) is 14.9 Å². The second-order valence-corrected chi connectivity index (χ2v) is 11.2. The Balaban J connectivity index is 1.28. The lowest BCUT2D eigenvalue weighted by Gasteiger charge is -2.43. The molecule has 4 fully saturated rings. The first-order valence-electron chi connectivity index (χ1n) is 13.2. The number of hydrogen-bond acceptors (Lipinski definition) is 5. The van der Waals surface area contributed by atoms with Crippen LogP contribution in [-0.4, -0.2) is 46.5 Å². The maximum Gasteiger partial charge on any atom is 0.226 e. The summed E-state index contributed by atoms with van der Waals surface area (Å²) in [4.78, 5) is 27.1. The lowest BCUT2D eigenvalue weighted by Crippen LogP contribution is -2.57. The Morgan fingerprint density at radius 3 is 2.56 bits per heavy atom. The van der Waals surface area contributed by atoms with E-state index >= 15 is 0 Å². The van der Waals surface area contributed by atoms with Gasteiger partial charge in [-0.05, 0) is 74.3 Å². The predicted octanol–water partition coefficient (Wildman–Crippen LogP) is 5.54. The van der Waals surface area contributed by atoms with Crippen molar-refractivity contribution in [3.63, 3.8) is 0 Å². The molecule has 2 aromatic heterocycles. The highest BCUT2D eigenvalue weighted by Gasteiger charge is 2.45. The van der Waals surface area contributed by atoms with Gasteiger partial charge in [0.2, 0.25) is 5.91 Å². The molecule has 1 aliphatic heterocycles. The third kappa shape index (κ3) is 3.90. The fourth-order valence-corrected chi connectivity index (χ4v) is 5.97. The van der Waals surface area contributed by atoms with Gasteiger partial charge in [-0.15, -0.1) is 0 Å². The normalized spacial score (nSPS) is 22.1. The molecule has 1 aromatic carbocycles. The van der Waals surface area contributed by atoms with E-state index in [1.165, 1.54) is 12.8 Å². The third-order valence-corrected chi connectivity index (χ3v) is 8.41. The van der Waals surface area contributed by atoms with E-state index in [4.69, 9.17) is 16.6 Å². The number of anilines is 1. The predicted molar refractivity (Wildman–Crippen MR) is 140 cm³/mol. The van der Waals surface area contributed by atoms with Crippen molar-refractivity contribution in [2.45, 2.75) is 50.5 Å². The first kappa shape index (κ1) is 22.1. The number of amides is 1. The summed E-state index contributed by atoms with van der Waals surface area (Å²) >= 11 is 6.16. The zero-order chi connectivity index (χ0) is 24.4. The number of pyridine rings is 2. The van der Waals surface area contributed by atoms with Crippen LogP contribution in [0.25, 0.3) is 22.0 Å². The highest BCUT2D eigenvalue weighted by Crippen LogP contribution is 2.47. The number of piperazine rings is 1. The van der Waals surface area contributed by atoms with Gasteiger partial charge in [0.1, 0.15) is 17.0 Å². The molecule has 7 rings (SSSR count). The molecule has 0 radical (unpaired) electrons. The van der Waals surface area contributed by atoms with Gasteiger partial charge in [-0.2, -0.15) is 5.26 Å². The van der Waals surface area contributed by atoms with E-state index in [0.717, 1.165) is 78.9 Å². The van der Waals surface area contributed by atoms with Gasteiger partial charge in [0, 0.05) is 42.4 Å². The Kier molecular flexibility index (Phi) is 5.18.